The van der Waals surface area contributed by atoms with Crippen molar-refractivity contribution in [1.29, 1.82) is 0 Å². The quantitative estimate of drug-likeness (QED) is 0.741. The van der Waals surface area contributed by atoms with E-state index in [2.05, 4.69) is 10.6 Å². The molecular formula is C21H30N2O5. The minimum Gasteiger partial charge on any atom is -0.449 e. The summed E-state index contributed by atoms with van der Waals surface area (Å²) in [5.74, 6) is -0.914. The number of rotatable bonds is 5. The molecular weight excluding hydrogens is 360 g/mol. The van der Waals surface area contributed by atoms with Crippen LogP contribution < -0.4 is 10.6 Å². The number of carbonyl (C=O) groups is 3. The first-order chi connectivity index (χ1) is 13.1. The van der Waals surface area contributed by atoms with Crippen LogP contribution in [0.25, 0.3) is 0 Å². The number of carbonyl (C=O) groups excluding carboxylic acids is 3. The number of hydrogen-bond acceptors (Lipinski definition) is 5. The molecule has 2 N–H and O–H groups in total. The van der Waals surface area contributed by atoms with Gasteiger partial charge in [-0.3, -0.25) is 10.1 Å². The highest BCUT2D eigenvalue weighted by atomic mass is 16.6. The van der Waals surface area contributed by atoms with Crippen molar-refractivity contribution >= 4 is 23.7 Å². The Bertz CT molecular complexity index is 705. The lowest BCUT2D eigenvalue weighted by Crippen LogP contribution is -2.42. The van der Waals surface area contributed by atoms with E-state index in [4.69, 9.17) is 9.47 Å². The van der Waals surface area contributed by atoms with E-state index in [1.807, 2.05) is 0 Å². The monoisotopic (exact) mass is 390 g/mol. The summed E-state index contributed by atoms with van der Waals surface area (Å²) in [5, 5.41) is 5.52. The third-order valence-corrected chi connectivity index (χ3v) is 4.35. The minimum absolute atomic E-state index is 0.156. The van der Waals surface area contributed by atoms with Crippen molar-refractivity contribution in [3.05, 3.63) is 29.8 Å². The van der Waals surface area contributed by atoms with Crippen LogP contribution in [0.15, 0.2) is 24.3 Å². The predicted octanol–water partition coefficient (Wildman–Crippen LogP) is 4.03. The van der Waals surface area contributed by atoms with Gasteiger partial charge in [-0.2, -0.15) is 0 Å². The number of nitrogens with one attached hydrogen (secondary N) is 2. The summed E-state index contributed by atoms with van der Waals surface area (Å²) in [6.45, 7) is 6.85. The molecule has 0 aliphatic heterocycles. The highest BCUT2D eigenvalue weighted by Crippen LogP contribution is 2.18. The molecule has 2 amide bonds. The highest BCUT2D eigenvalue weighted by Gasteiger charge is 2.23. The van der Waals surface area contributed by atoms with Gasteiger partial charge in [-0.05, 0) is 58.7 Å². The molecule has 1 aromatic carbocycles. The van der Waals surface area contributed by atoms with Gasteiger partial charge in [0, 0.05) is 11.7 Å². The molecule has 0 bridgehead atoms. The molecule has 7 nitrogen and oxygen atoms in total. The molecule has 7 heteroatoms. The second-order valence-corrected chi connectivity index (χ2v) is 8.10. The van der Waals surface area contributed by atoms with Crippen LogP contribution in [0.5, 0.6) is 0 Å². The zero-order valence-electron chi connectivity index (χ0n) is 17.0. The van der Waals surface area contributed by atoms with Crippen LogP contribution in [0.3, 0.4) is 0 Å². The SMILES string of the molecule is C[C@H](OC(=O)c1cccc(NC(=O)OC(C)(C)C)c1)C(=O)NC1CCCCC1. The van der Waals surface area contributed by atoms with Crippen LogP contribution in [0, 0.1) is 0 Å². The van der Waals surface area contributed by atoms with E-state index in [0.717, 1.165) is 25.7 Å². The van der Waals surface area contributed by atoms with E-state index < -0.39 is 23.8 Å². The Labute approximate surface area is 166 Å². The Kier molecular flexibility index (Phi) is 7.43. The van der Waals surface area contributed by atoms with Crippen LogP contribution in [-0.2, 0) is 14.3 Å². The van der Waals surface area contributed by atoms with Gasteiger partial charge in [0.05, 0.1) is 5.56 Å². The average molecular weight is 390 g/mol. The Morgan fingerprint density at radius 2 is 1.79 bits per heavy atom. The van der Waals surface area contributed by atoms with Crippen molar-refractivity contribution in [2.45, 2.75) is 77.5 Å². The molecule has 1 aliphatic carbocycles. The van der Waals surface area contributed by atoms with Crippen LogP contribution in [-0.4, -0.2) is 35.7 Å². The zero-order valence-corrected chi connectivity index (χ0v) is 17.0. The Balaban J connectivity index is 1.90. The normalized spacial score (nSPS) is 16.0. The number of ether oxygens (including phenoxy) is 2. The van der Waals surface area contributed by atoms with E-state index in [1.165, 1.54) is 12.5 Å². The summed E-state index contributed by atoms with van der Waals surface area (Å²) in [5.41, 5.74) is 0.0239. The van der Waals surface area contributed by atoms with Crippen LogP contribution >= 0.6 is 0 Å². The third-order valence-electron chi connectivity index (χ3n) is 4.35. The van der Waals surface area contributed by atoms with Crippen molar-refractivity contribution in [2.75, 3.05) is 5.32 Å². The largest absolute Gasteiger partial charge is 0.449 e. The second kappa shape index (κ2) is 9.57. The molecule has 1 atom stereocenters. The first-order valence-electron chi connectivity index (χ1n) is 9.75. The van der Waals surface area contributed by atoms with Gasteiger partial charge < -0.3 is 14.8 Å². The lowest BCUT2D eigenvalue weighted by molar-refractivity contribution is -0.130. The molecule has 0 unspecified atom stereocenters. The van der Waals surface area contributed by atoms with Crippen molar-refractivity contribution in [3.8, 4) is 0 Å². The van der Waals surface area contributed by atoms with Crippen LogP contribution in [0.4, 0.5) is 10.5 Å². The summed E-state index contributed by atoms with van der Waals surface area (Å²) in [6.07, 6.45) is 3.84. The van der Waals surface area contributed by atoms with Gasteiger partial charge in [0.1, 0.15) is 5.60 Å². The smallest absolute Gasteiger partial charge is 0.412 e. The molecule has 0 spiro atoms. The van der Waals surface area contributed by atoms with Gasteiger partial charge in [0.15, 0.2) is 6.10 Å². The van der Waals surface area contributed by atoms with Gasteiger partial charge in [-0.15, -0.1) is 0 Å². The lowest BCUT2D eigenvalue weighted by Gasteiger charge is -2.24. The summed E-state index contributed by atoms with van der Waals surface area (Å²) in [4.78, 5) is 36.5. The first kappa shape index (κ1) is 21.7. The summed E-state index contributed by atoms with van der Waals surface area (Å²) >= 11 is 0. The first-order valence-corrected chi connectivity index (χ1v) is 9.75. The molecule has 0 saturated heterocycles. The fourth-order valence-electron chi connectivity index (χ4n) is 2.99. The number of hydrogen-bond donors (Lipinski definition) is 2. The lowest BCUT2D eigenvalue weighted by atomic mass is 9.95. The van der Waals surface area contributed by atoms with Gasteiger partial charge >= 0.3 is 12.1 Å². The van der Waals surface area contributed by atoms with Crippen LogP contribution in [0.1, 0.15) is 70.2 Å². The van der Waals surface area contributed by atoms with Gasteiger partial charge in [-0.1, -0.05) is 25.3 Å². The molecule has 0 heterocycles. The van der Waals surface area contributed by atoms with Crippen molar-refractivity contribution in [3.63, 3.8) is 0 Å². The Morgan fingerprint density at radius 3 is 2.43 bits per heavy atom. The molecule has 28 heavy (non-hydrogen) atoms. The average Bonchev–Trinajstić information content (AvgIpc) is 2.61. The maximum Gasteiger partial charge on any atom is 0.412 e. The van der Waals surface area contributed by atoms with Crippen molar-refractivity contribution in [1.82, 2.24) is 5.32 Å². The molecule has 1 fully saturated rings. The minimum atomic E-state index is -0.892. The Hall–Kier alpha value is -2.57. The molecule has 2 rings (SSSR count). The Morgan fingerprint density at radius 1 is 1.11 bits per heavy atom. The maximum absolute atomic E-state index is 12.4. The van der Waals surface area contributed by atoms with Crippen molar-refractivity contribution in [2.24, 2.45) is 0 Å². The topological polar surface area (TPSA) is 93.7 Å². The van der Waals surface area contributed by atoms with Gasteiger partial charge in [-0.25, -0.2) is 9.59 Å². The molecule has 154 valence electrons. The third kappa shape index (κ3) is 7.21. The highest BCUT2D eigenvalue weighted by molar-refractivity contribution is 5.94. The van der Waals surface area contributed by atoms with E-state index in [9.17, 15) is 14.4 Å². The maximum atomic E-state index is 12.4. The fraction of sp³-hybridized carbons (Fsp3) is 0.571. The predicted molar refractivity (Wildman–Crippen MR) is 106 cm³/mol. The van der Waals surface area contributed by atoms with E-state index in [1.54, 1.807) is 45.9 Å². The van der Waals surface area contributed by atoms with E-state index in [0.29, 0.717) is 5.69 Å². The number of amides is 2. The summed E-state index contributed by atoms with van der Waals surface area (Å²) in [7, 11) is 0. The summed E-state index contributed by atoms with van der Waals surface area (Å²) < 4.78 is 10.5. The van der Waals surface area contributed by atoms with Gasteiger partial charge in [0.2, 0.25) is 0 Å². The zero-order chi connectivity index (χ0) is 20.7. The van der Waals surface area contributed by atoms with Gasteiger partial charge in [0.25, 0.3) is 5.91 Å². The van der Waals surface area contributed by atoms with E-state index >= 15 is 0 Å². The van der Waals surface area contributed by atoms with Crippen LogP contribution in [0.2, 0.25) is 0 Å². The number of esters is 1. The summed E-state index contributed by atoms with van der Waals surface area (Å²) in [6, 6.07) is 6.46. The second-order valence-electron chi connectivity index (χ2n) is 8.10. The van der Waals surface area contributed by atoms with Crippen molar-refractivity contribution < 1.29 is 23.9 Å². The number of benzene rings is 1. The molecule has 0 radical (unpaired) electrons. The standard InChI is InChI=1S/C21H30N2O5/c1-14(18(24)22-16-10-6-5-7-11-16)27-19(25)15-9-8-12-17(13-15)23-20(26)28-21(2,3)4/h8-9,12-14,16H,5-7,10-11H2,1-4H3,(H,22,24)(H,23,26)/t14-/m0/s1. The molecule has 1 saturated carbocycles. The molecule has 0 aromatic heterocycles. The fourth-order valence-corrected chi connectivity index (χ4v) is 2.99. The molecule has 1 aromatic rings. The van der Waals surface area contributed by atoms with E-state index in [-0.39, 0.29) is 17.5 Å². The number of anilines is 1. The molecule has 1 aliphatic rings.